The standard InChI is InChI=1S/C33H39N7O7S/c1-32(2,3)46-31(44)39-30-37-23(19-48-30)25(28(42)38-24-22(36-27(24)41)18-35-17-16-34)40-47-33(14-15-33)29(43)45-26(20-10-6-4-7-11-20)21-12-8-5-9-13-21/h4-13,19,22,24,26,35H,14-18,34H2,1-3H3,(H,36,41)(H,38,42)(H,37,39,44)/t22-,24+/m1/s1. The Kier molecular flexibility index (Phi) is 10.7. The van der Waals surface area contributed by atoms with Crippen molar-refractivity contribution in [2.45, 2.75) is 63.0 Å². The first-order valence-electron chi connectivity index (χ1n) is 15.5. The van der Waals surface area contributed by atoms with Crippen LogP contribution in [-0.4, -0.2) is 77.5 Å². The predicted octanol–water partition coefficient (Wildman–Crippen LogP) is 2.61. The summed E-state index contributed by atoms with van der Waals surface area (Å²) in [5.74, 6) is -1.77. The molecule has 3 amide bonds. The van der Waals surface area contributed by atoms with E-state index in [0.717, 1.165) is 22.5 Å². The van der Waals surface area contributed by atoms with E-state index < -0.39 is 41.3 Å². The molecule has 14 nitrogen and oxygen atoms in total. The van der Waals surface area contributed by atoms with Gasteiger partial charge in [0.05, 0.1) is 6.04 Å². The Morgan fingerprint density at radius 3 is 2.29 bits per heavy atom. The number of oxime groups is 1. The summed E-state index contributed by atoms with van der Waals surface area (Å²) in [6, 6.07) is 17.4. The molecule has 1 aliphatic heterocycles. The van der Waals surface area contributed by atoms with Crippen molar-refractivity contribution < 1.29 is 33.5 Å². The fourth-order valence-corrected chi connectivity index (χ4v) is 5.44. The van der Waals surface area contributed by atoms with Crippen molar-refractivity contribution in [1.29, 1.82) is 0 Å². The number of nitrogens with one attached hydrogen (secondary N) is 4. The van der Waals surface area contributed by atoms with E-state index >= 15 is 0 Å². The number of carbonyl (C=O) groups is 4. The first-order valence-corrected chi connectivity index (χ1v) is 16.4. The number of anilines is 1. The van der Waals surface area contributed by atoms with Gasteiger partial charge in [-0.05, 0) is 31.9 Å². The Bertz CT molecular complexity index is 1600. The van der Waals surface area contributed by atoms with Gasteiger partial charge in [-0.2, -0.15) is 0 Å². The molecule has 2 heterocycles. The highest BCUT2D eigenvalue weighted by molar-refractivity contribution is 7.14. The van der Waals surface area contributed by atoms with Gasteiger partial charge in [-0.3, -0.25) is 14.9 Å². The topological polar surface area (TPSA) is 195 Å². The summed E-state index contributed by atoms with van der Waals surface area (Å²) in [5.41, 5.74) is 4.69. The second kappa shape index (κ2) is 14.9. The minimum absolute atomic E-state index is 0.0525. The first kappa shape index (κ1) is 34.5. The van der Waals surface area contributed by atoms with Crippen molar-refractivity contribution in [1.82, 2.24) is 20.9 Å². The molecule has 1 aromatic heterocycles. The van der Waals surface area contributed by atoms with E-state index in [0.29, 0.717) is 32.5 Å². The molecule has 6 N–H and O–H groups in total. The monoisotopic (exact) mass is 677 g/mol. The fourth-order valence-electron chi connectivity index (χ4n) is 4.76. The van der Waals surface area contributed by atoms with Gasteiger partial charge in [-0.15, -0.1) is 11.3 Å². The van der Waals surface area contributed by atoms with E-state index in [9.17, 15) is 19.2 Å². The van der Waals surface area contributed by atoms with Gasteiger partial charge in [0.2, 0.25) is 11.5 Å². The van der Waals surface area contributed by atoms with Gasteiger partial charge in [-0.25, -0.2) is 14.6 Å². The third-order valence-electron chi connectivity index (χ3n) is 7.37. The molecule has 1 saturated heterocycles. The molecule has 1 aliphatic carbocycles. The molecule has 5 rings (SSSR count). The van der Waals surface area contributed by atoms with Gasteiger partial charge in [-0.1, -0.05) is 65.8 Å². The van der Waals surface area contributed by atoms with Crippen molar-refractivity contribution >= 4 is 46.1 Å². The molecule has 15 heteroatoms. The van der Waals surface area contributed by atoms with Crippen molar-refractivity contribution in [3.05, 3.63) is 82.9 Å². The Labute approximate surface area is 281 Å². The van der Waals surface area contributed by atoms with Crippen LogP contribution < -0.4 is 27.0 Å². The lowest BCUT2D eigenvalue weighted by molar-refractivity contribution is -0.164. The van der Waals surface area contributed by atoms with Gasteiger partial charge in [0.15, 0.2) is 16.9 Å². The molecule has 48 heavy (non-hydrogen) atoms. The fraction of sp³-hybridized carbons (Fsp3) is 0.394. The molecule has 1 saturated carbocycles. The molecule has 3 aromatic rings. The predicted molar refractivity (Wildman–Crippen MR) is 178 cm³/mol. The van der Waals surface area contributed by atoms with Crippen LogP contribution in [0.4, 0.5) is 9.93 Å². The number of benzene rings is 2. The third kappa shape index (κ3) is 8.73. The molecule has 2 aliphatic rings. The van der Waals surface area contributed by atoms with E-state index in [4.69, 9.17) is 20.0 Å². The Morgan fingerprint density at radius 1 is 1.08 bits per heavy atom. The summed E-state index contributed by atoms with van der Waals surface area (Å²) >= 11 is 1.03. The molecule has 2 aromatic carbocycles. The van der Waals surface area contributed by atoms with E-state index in [-0.39, 0.29) is 28.5 Å². The second-order valence-corrected chi connectivity index (χ2v) is 13.2. The van der Waals surface area contributed by atoms with Gasteiger partial charge in [0, 0.05) is 37.9 Å². The second-order valence-electron chi connectivity index (χ2n) is 12.4. The Hall–Kier alpha value is -4.86. The summed E-state index contributed by atoms with van der Waals surface area (Å²) < 4.78 is 11.3. The van der Waals surface area contributed by atoms with Crippen LogP contribution in [-0.2, 0) is 28.7 Å². The SMILES string of the molecule is CC(C)(C)OC(=O)Nc1nc(C(=NOC2(C(=O)OC(c3ccccc3)c3ccccc3)CC2)C(=O)N[C@@H]2C(=O)N[C@@H]2CNCCN)cs1. The average Bonchev–Trinajstić information content (AvgIpc) is 3.72. The molecular weight excluding hydrogens is 638 g/mol. The van der Waals surface area contributed by atoms with Gasteiger partial charge in [0.25, 0.3) is 5.91 Å². The van der Waals surface area contributed by atoms with Gasteiger partial charge in [0.1, 0.15) is 17.3 Å². The number of hydrogen-bond donors (Lipinski definition) is 5. The Balaban J connectivity index is 1.36. The average molecular weight is 678 g/mol. The smallest absolute Gasteiger partial charge is 0.413 e. The van der Waals surface area contributed by atoms with Crippen molar-refractivity contribution in [3.63, 3.8) is 0 Å². The van der Waals surface area contributed by atoms with Crippen molar-refractivity contribution in [2.75, 3.05) is 25.0 Å². The molecule has 0 bridgehead atoms. The molecule has 0 spiro atoms. The number of carbonyl (C=O) groups excluding carboxylic acids is 4. The Morgan fingerprint density at radius 2 is 1.73 bits per heavy atom. The number of β-lactam (4-membered cyclic amide) rings is 1. The number of aromatic nitrogens is 1. The van der Waals surface area contributed by atoms with Crippen LogP contribution in [0.5, 0.6) is 0 Å². The van der Waals surface area contributed by atoms with E-state index in [2.05, 4.69) is 31.4 Å². The van der Waals surface area contributed by atoms with Crippen LogP contribution in [0.2, 0.25) is 0 Å². The van der Waals surface area contributed by atoms with Crippen LogP contribution in [0.1, 0.15) is 56.5 Å². The van der Waals surface area contributed by atoms with Crippen LogP contribution >= 0.6 is 11.3 Å². The molecule has 0 radical (unpaired) electrons. The minimum atomic E-state index is -1.43. The van der Waals surface area contributed by atoms with E-state index in [1.54, 1.807) is 20.8 Å². The van der Waals surface area contributed by atoms with E-state index in [1.807, 2.05) is 60.7 Å². The largest absolute Gasteiger partial charge is 0.450 e. The lowest BCUT2D eigenvalue weighted by Crippen LogP contribution is -2.72. The van der Waals surface area contributed by atoms with Crippen molar-refractivity contribution in [2.24, 2.45) is 10.9 Å². The summed E-state index contributed by atoms with van der Waals surface area (Å²) in [6.07, 6.45) is -0.811. The molecule has 254 valence electrons. The summed E-state index contributed by atoms with van der Waals surface area (Å²) in [5, 5.41) is 16.8. The van der Waals surface area contributed by atoms with Gasteiger partial charge >= 0.3 is 12.1 Å². The van der Waals surface area contributed by atoms with Crippen LogP contribution in [0.25, 0.3) is 0 Å². The number of ether oxygens (including phenoxy) is 2. The quantitative estimate of drug-likeness (QED) is 0.0556. The molecule has 2 fully saturated rings. The maximum Gasteiger partial charge on any atom is 0.413 e. The highest BCUT2D eigenvalue weighted by Gasteiger charge is 2.56. The lowest BCUT2D eigenvalue weighted by Gasteiger charge is -2.37. The number of amides is 3. The zero-order valence-electron chi connectivity index (χ0n) is 26.9. The molecule has 0 unspecified atom stereocenters. The maximum absolute atomic E-state index is 13.6. The minimum Gasteiger partial charge on any atom is -0.450 e. The zero-order chi connectivity index (χ0) is 34.3. The van der Waals surface area contributed by atoms with Gasteiger partial charge < -0.3 is 36.0 Å². The number of esters is 1. The van der Waals surface area contributed by atoms with Crippen LogP contribution in [0.3, 0.4) is 0 Å². The number of nitrogens with zero attached hydrogens (tertiary/aromatic N) is 2. The van der Waals surface area contributed by atoms with Crippen LogP contribution in [0, 0.1) is 0 Å². The third-order valence-corrected chi connectivity index (χ3v) is 8.13. The first-order chi connectivity index (χ1) is 23.0. The number of thiazole rings is 1. The molecular formula is C33H39N7O7S. The highest BCUT2D eigenvalue weighted by atomic mass is 32.1. The molecule has 2 atom stereocenters. The number of hydrogen-bond acceptors (Lipinski definition) is 12. The zero-order valence-corrected chi connectivity index (χ0v) is 27.7. The normalized spacial score (nSPS) is 18.3. The summed E-state index contributed by atoms with van der Waals surface area (Å²) in [6.45, 7) is 6.51. The van der Waals surface area contributed by atoms with Crippen LogP contribution in [0.15, 0.2) is 71.2 Å². The summed E-state index contributed by atoms with van der Waals surface area (Å²) in [7, 11) is 0. The summed E-state index contributed by atoms with van der Waals surface area (Å²) in [4.78, 5) is 62.1. The maximum atomic E-state index is 13.6. The van der Waals surface area contributed by atoms with Crippen molar-refractivity contribution in [3.8, 4) is 0 Å². The van der Waals surface area contributed by atoms with E-state index in [1.165, 1.54) is 5.38 Å². The number of rotatable bonds is 14. The lowest BCUT2D eigenvalue weighted by atomic mass is 9.98. The number of nitrogens with two attached hydrogens (primary N) is 1. The highest BCUT2D eigenvalue weighted by Crippen LogP contribution is 2.43.